The van der Waals surface area contributed by atoms with Crippen LogP contribution in [0.2, 0.25) is 0 Å². The average molecular weight is 361 g/mol. The predicted octanol–water partition coefficient (Wildman–Crippen LogP) is 0.733. The van der Waals surface area contributed by atoms with Crippen molar-refractivity contribution in [3.8, 4) is 0 Å². The number of hydrogen-bond acceptors (Lipinski definition) is 6. The molecule has 26 heavy (non-hydrogen) atoms. The highest BCUT2D eigenvalue weighted by molar-refractivity contribution is 6.22. The summed E-state index contributed by atoms with van der Waals surface area (Å²) in [6, 6.07) is 4.71. The normalized spacial score (nSPS) is 25.7. The summed E-state index contributed by atoms with van der Waals surface area (Å²) in [5.74, 6) is -0.706. The Bertz CT molecular complexity index is 679. The molecule has 0 aromatic heterocycles. The van der Waals surface area contributed by atoms with E-state index in [1.54, 1.807) is 6.07 Å². The maximum atomic E-state index is 13.0. The number of aliphatic hydroxyl groups excluding tert-OH is 2. The second-order valence-electron chi connectivity index (χ2n) is 7.04. The van der Waals surface area contributed by atoms with Crippen LogP contribution in [0.4, 0.5) is 0 Å². The topological polar surface area (TPSA) is 116 Å². The molecule has 3 unspecified atom stereocenters. The van der Waals surface area contributed by atoms with Crippen molar-refractivity contribution in [1.82, 2.24) is 10.2 Å². The number of nitrogens with two attached hydrogens (primary N) is 1. The zero-order valence-electron chi connectivity index (χ0n) is 14.9. The number of nitrogens with one attached hydrogen (secondary N) is 1. The Labute approximate surface area is 153 Å². The fourth-order valence-electron chi connectivity index (χ4n) is 3.84. The monoisotopic (exact) mass is 361 g/mol. The van der Waals surface area contributed by atoms with Gasteiger partial charge >= 0.3 is 0 Å². The molecule has 1 aromatic carbocycles. The quantitative estimate of drug-likeness (QED) is 0.420. The van der Waals surface area contributed by atoms with Gasteiger partial charge < -0.3 is 15.9 Å². The van der Waals surface area contributed by atoms with Crippen LogP contribution >= 0.6 is 0 Å². The van der Waals surface area contributed by atoms with Crippen molar-refractivity contribution in [2.45, 2.75) is 63.4 Å². The van der Waals surface area contributed by atoms with Crippen molar-refractivity contribution in [3.05, 3.63) is 34.9 Å². The minimum Gasteiger partial charge on any atom is -0.379 e. The molecule has 2 aliphatic rings. The van der Waals surface area contributed by atoms with Crippen LogP contribution in [0.15, 0.2) is 18.2 Å². The summed E-state index contributed by atoms with van der Waals surface area (Å²) in [5.41, 5.74) is 7.27. The van der Waals surface area contributed by atoms with Gasteiger partial charge in [-0.15, -0.1) is 0 Å². The Kier molecular flexibility index (Phi) is 6.03. The van der Waals surface area contributed by atoms with E-state index in [-0.39, 0.29) is 11.8 Å². The van der Waals surface area contributed by atoms with Gasteiger partial charge in [-0.05, 0) is 50.3 Å². The number of benzene rings is 1. The Balaban J connectivity index is 1.76. The van der Waals surface area contributed by atoms with Crippen LogP contribution < -0.4 is 11.1 Å². The summed E-state index contributed by atoms with van der Waals surface area (Å²) in [6.45, 7) is 0.690. The smallest absolute Gasteiger partial charge is 0.262 e. The van der Waals surface area contributed by atoms with Crippen LogP contribution in [-0.2, 0) is 6.42 Å². The van der Waals surface area contributed by atoms with Gasteiger partial charge in [0.25, 0.3) is 11.8 Å². The SMILES string of the molecule is NCCCCCCc1cccc2c1C(=O)N(C1CCC(O)NC1O)C2=O. The summed E-state index contributed by atoms with van der Waals surface area (Å²) in [5, 5.41) is 22.4. The number of rotatable bonds is 7. The van der Waals surface area contributed by atoms with Gasteiger partial charge in [0, 0.05) is 0 Å². The Morgan fingerprint density at radius 2 is 1.85 bits per heavy atom. The van der Waals surface area contributed by atoms with E-state index >= 15 is 0 Å². The molecule has 2 amide bonds. The predicted molar refractivity (Wildman–Crippen MR) is 96.3 cm³/mol. The number of aryl methyl sites for hydroxylation is 1. The molecule has 3 rings (SSSR count). The lowest BCUT2D eigenvalue weighted by Gasteiger charge is -2.36. The maximum absolute atomic E-state index is 13.0. The molecule has 0 bridgehead atoms. The number of carbonyl (C=O) groups excluding carboxylic acids is 2. The van der Waals surface area contributed by atoms with Gasteiger partial charge in [0.1, 0.15) is 12.5 Å². The van der Waals surface area contributed by atoms with Crippen molar-refractivity contribution in [1.29, 1.82) is 0 Å². The number of unbranched alkanes of at least 4 members (excludes halogenated alkanes) is 3. The van der Waals surface area contributed by atoms with Crippen molar-refractivity contribution < 1.29 is 19.8 Å². The van der Waals surface area contributed by atoms with Crippen LogP contribution in [0.5, 0.6) is 0 Å². The standard InChI is InChI=1S/C19H27N3O4/c20-11-4-2-1-3-6-12-7-5-8-13-16(12)19(26)22(18(13)25)14-9-10-15(23)21-17(14)24/h5,7-8,14-15,17,21,23-24H,1-4,6,9-11,20H2. The number of aliphatic hydroxyl groups is 2. The summed E-state index contributed by atoms with van der Waals surface area (Å²) in [6.07, 6.45) is 3.58. The minimum absolute atomic E-state index is 0.343. The zero-order valence-corrected chi connectivity index (χ0v) is 14.9. The molecule has 7 nitrogen and oxygen atoms in total. The van der Waals surface area contributed by atoms with Gasteiger partial charge in [0.05, 0.1) is 17.2 Å². The summed E-state index contributed by atoms with van der Waals surface area (Å²) in [4.78, 5) is 26.9. The first kappa shape index (κ1) is 19.0. The molecule has 1 fully saturated rings. The van der Waals surface area contributed by atoms with Gasteiger partial charge in [-0.3, -0.25) is 19.8 Å². The van der Waals surface area contributed by atoms with Crippen molar-refractivity contribution >= 4 is 11.8 Å². The Hall–Kier alpha value is -1.80. The molecule has 0 spiro atoms. The highest BCUT2D eigenvalue weighted by atomic mass is 16.3. The number of fused-ring (bicyclic) bond motifs is 1. The van der Waals surface area contributed by atoms with E-state index in [4.69, 9.17) is 5.73 Å². The summed E-state index contributed by atoms with van der Waals surface area (Å²) < 4.78 is 0. The Morgan fingerprint density at radius 3 is 2.58 bits per heavy atom. The zero-order chi connectivity index (χ0) is 18.7. The first-order valence-electron chi connectivity index (χ1n) is 9.36. The molecule has 0 saturated carbocycles. The van der Waals surface area contributed by atoms with E-state index in [1.165, 1.54) is 0 Å². The average Bonchev–Trinajstić information content (AvgIpc) is 2.87. The summed E-state index contributed by atoms with van der Waals surface area (Å²) in [7, 11) is 0. The number of imide groups is 1. The van der Waals surface area contributed by atoms with Crippen LogP contribution in [0, 0.1) is 0 Å². The van der Waals surface area contributed by atoms with E-state index in [9.17, 15) is 19.8 Å². The minimum atomic E-state index is -1.12. The van der Waals surface area contributed by atoms with Crippen LogP contribution in [-0.4, -0.2) is 52.0 Å². The fraction of sp³-hybridized carbons (Fsp3) is 0.579. The lowest BCUT2D eigenvalue weighted by Crippen LogP contribution is -2.58. The van der Waals surface area contributed by atoms with Crippen molar-refractivity contribution in [2.75, 3.05) is 6.54 Å². The van der Waals surface area contributed by atoms with E-state index < -0.39 is 18.5 Å². The van der Waals surface area contributed by atoms with Crippen LogP contribution in [0.25, 0.3) is 0 Å². The third-order valence-electron chi connectivity index (χ3n) is 5.23. The number of piperidine rings is 1. The number of amides is 2. The van der Waals surface area contributed by atoms with Crippen LogP contribution in [0.1, 0.15) is 64.8 Å². The molecule has 0 radical (unpaired) electrons. The molecule has 2 aliphatic heterocycles. The fourth-order valence-corrected chi connectivity index (χ4v) is 3.84. The highest BCUT2D eigenvalue weighted by Crippen LogP contribution is 2.31. The lowest BCUT2D eigenvalue weighted by atomic mass is 9.97. The van der Waals surface area contributed by atoms with Crippen LogP contribution in [0.3, 0.4) is 0 Å². The van der Waals surface area contributed by atoms with E-state index in [1.807, 2.05) is 12.1 Å². The van der Waals surface area contributed by atoms with Gasteiger partial charge in [-0.1, -0.05) is 25.0 Å². The molecule has 0 aliphatic carbocycles. The second kappa shape index (κ2) is 8.26. The van der Waals surface area contributed by atoms with E-state index in [2.05, 4.69) is 5.32 Å². The number of hydrogen-bond donors (Lipinski definition) is 4. The third-order valence-corrected chi connectivity index (χ3v) is 5.23. The molecular weight excluding hydrogens is 334 g/mol. The van der Waals surface area contributed by atoms with E-state index in [0.29, 0.717) is 30.5 Å². The first-order valence-corrected chi connectivity index (χ1v) is 9.36. The number of carbonyl (C=O) groups is 2. The Morgan fingerprint density at radius 1 is 1.08 bits per heavy atom. The molecule has 2 heterocycles. The molecule has 1 saturated heterocycles. The summed E-state index contributed by atoms with van der Waals surface area (Å²) >= 11 is 0. The van der Waals surface area contributed by atoms with Crippen molar-refractivity contribution in [3.63, 3.8) is 0 Å². The maximum Gasteiger partial charge on any atom is 0.262 e. The number of nitrogens with zero attached hydrogens (tertiary/aromatic N) is 1. The van der Waals surface area contributed by atoms with Gasteiger partial charge in [-0.2, -0.15) is 0 Å². The van der Waals surface area contributed by atoms with Gasteiger partial charge in [0.15, 0.2) is 0 Å². The molecule has 1 aromatic rings. The highest BCUT2D eigenvalue weighted by Gasteiger charge is 2.45. The van der Waals surface area contributed by atoms with Gasteiger partial charge in [0.2, 0.25) is 0 Å². The third kappa shape index (κ3) is 3.66. The molecule has 5 N–H and O–H groups in total. The molecule has 3 atom stereocenters. The lowest BCUT2D eigenvalue weighted by molar-refractivity contribution is -0.0413. The molecule has 142 valence electrons. The molecule has 7 heteroatoms. The second-order valence-corrected chi connectivity index (χ2v) is 7.04. The molecular formula is C19H27N3O4. The van der Waals surface area contributed by atoms with Crippen molar-refractivity contribution in [2.24, 2.45) is 5.73 Å². The first-order chi connectivity index (χ1) is 12.5. The van der Waals surface area contributed by atoms with E-state index in [0.717, 1.165) is 42.6 Å². The largest absolute Gasteiger partial charge is 0.379 e. The van der Waals surface area contributed by atoms with Gasteiger partial charge in [-0.25, -0.2) is 0 Å².